The highest BCUT2D eigenvalue weighted by molar-refractivity contribution is 7.99. The van der Waals surface area contributed by atoms with E-state index < -0.39 is 0 Å². The predicted octanol–water partition coefficient (Wildman–Crippen LogP) is -0.470. The Morgan fingerprint density at radius 2 is 2.07 bits per heavy atom. The lowest BCUT2D eigenvalue weighted by Gasteiger charge is -2.00. The number of thioether (sulfide) groups is 1. The van der Waals surface area contributed by atoms with Crippen molar-refractivity contribution in [2.75, 3.05) is 19.0 Å². The van der Waals surface area contributed by atoms with Gasteiger partial charge in [-0.15, -0.1) is 5.10 Å². The average molecular weight is 218 g/mol. The Bertz CT molecular complexity index is 256. The first kappa shape index (κ1) is 11.4. The van der Waals surface area contributed by atoms with Crippen LogP contribution < -0.4 is 0 Å². The molecule has 0 aliphatic rings. The zero-order valence-corrected chi connectivity index (χ0v) is 8.65. The predicted molar refractivity (Wildman–Crippen MR) is 51.9 cm³/mol. The minimum Gasteiger partial charge on any atom is -0.396 e. The first-order valence-corrected chi connectivity index (χ1v) is 5.47. The third-order valence-electron chi connectivity index (χ3n) is 1.59. The van der Waals surface area contributed by atoms with Crippen molar-refractivity contribution >= 4 is 11.8 Å². The molecule has 2 N–H and O–H groups in total. The van der Waals surface area contributed by atoms with Crippen LogP contribution in [0.5, 0.6) is 0 Å². The molecule has 6 nitrogen and oxygen atoms in total. The molecule has 1 rings (SSSR count). The maximum Gasteiger partial charge on any atom is 0.209 e. The summed E-state index contributed by atoms with van der Waals surface area (Å²) < 4.78 is 1.57. The van der Waals surface area contributed by atoms with Crippen molar-refractivity contribution in [3.05, 3.63) is 0 Å². The van der Waals surface area contributed by atoms with Gasteiger partial charge >= 0.3 is 0 Å². The highest BCUT2D eigenvalue weighted by Gasteiger charge is 2.04. The lowest BCUT2D eigenvalue weighted by molar-refractivity contribution is 0.262. The van der Waals surface area contributed by atoms with Gasteiger partial charge in [0.25, 0.3) is 0 Å². The Hall–Kier alpha value is -0.660. The minimum absolute atomic E-state index is 0.0369. The van der Waals surface area contributed by atoms with Crippen LogP contribution in [0.4, 0.5) is 0 Å². The normalized spacial score (nSPS) is 10.7. The highest BCUT2D eigenvalue weighted by atomic mass is 32.2. The molecule has 0 aromatic carbocycles. The van der Waals surface area contributed by atoms with Gasteiger partial charge in [0.2, 0.25) is 5.16 Å². The molecule has 0 atom stereocenters. The molecule has 1 aromatic rings. The van der Waals surface area contributed by atoms with Crippen LogP contribution in [-0.4, -0.2) is 49.4 Å². The monoisotopic (exact) mass is 218 g/mol. The minimum atomic E-state index is 0.0369. The summed E-state index contributed by atoms with van der Waals surface area (Å²) in [5, 5.41) is 29.1. The lowest BCUT2D eigenvalue weighted by Crippen LogP contribution is -2.05. The van der Waals surface area contributed by atoms with E-state index in [0.717, 1.165) is 23.8 Å². The van der Waals surface area contributed by atoms with Gasteiger partial charge in [-0.25, -0.2) is 4.68 Å². The van der Waals surface area contributed by atoms with Gasteiger partial charge < -0.3 is 10.2 Å². The van der Waals surface area contributed by atoms with Crippen LogP contribution in [0.25, 0.3) is 0 Å². The summed E-state index contributed by atoms with van der Waals surface area (Å²) in [6, 6.07) is 0. The summed E-state index contributed by atoms with van der Waals surface area (Å²) in [5.74, 6) is 0.881. The smallest absolute Gasteiger partial charge is 0.209 e. The second-order valence-electron chi connectivity index (χ2n) is 2.69. The molecule has 0 saturated carbocycles. The summed E-state index contributed by atoms with van der Waals surface area (Å²) in [4.78, 5) is 0. The molecule has 0 amide bonds. The fourth-order valence-electron chi connectivity index (χ4n) is 0.912. The molecule has 0 aliphatic carbocycles. The number of hydrogen-bond acceptors (Lipinski definition) is 6. The van der Waals surface area contributed by atoms with E-state index in [9.17, 15) is 0 Å². The number of unbranched alkanes of at least 4 members (excludes halogenated alkanes) is 1. The van der Waals surface area contributed by atoms with Crippen LogP contribution in [0.1, 0.15) is 12.8 Å². The van der Waals surface area contributed by atoms with Crippen LogP contribution in [0.2, 0.25) is 0 Å². The van der Waals surface area contributed by atoms with Gasteiger partial charge in [0.05, 0.1) is 13.2 Å². The molecule has 80 valence electrons. The second-order valence-corrected chi connectivity index (χ2v) is 3.75. The first-order valence-electron chi connectivity index (χ1n) is 4.49. The Kier molecular flexibility index (Phi) is 5.50. The van der Waals surface area contributed by atoms with Gasteiger partial charge in [-0.2, -0.15) is 0 Å². The zero-order chi connectivity index (χ0) is 10.2. The van der Waals surface area contributed by atoms with Gasteiger partial charge in [-0.3, -0.25) is 0 Å². The quantitative estimate of drug-likeness (QED) is 0.475. The standard InChI is InChI=1S/C7H14N4O2S/c12-4-1-2-6-14-7-8-9-10-11(7)3-5-13/h12-13H,1-6H2. The van der Waals surface area contributed by atoms with Crippen LogP contribution in [0, 0.1) is 0 Å². The van der Waals surface area contributed by atoms with Crippen molar-refractivity contribution in [3.8, 4) is 0 Å². The Morgan fingerprint density at radius 3 is 2.79 bits per heavy atom. The molecule has 1 aromatic heterocycles. The van der Waals surface area contributed by atoms with Crippen molar-refractivity contribution in [2.45, 2.75) is 24.5 Å². The third-order valence-corrected chi connectivity index (χ3v) is 2.64. The van der Waals surface area contributed by atoms with Crippen LogP contribution in [-0.2, 0) is 6.54 Å². The SMILES string of the molecule is OCCCCSc1nnnn1CCO. The third kappa shape index (κ3) is 3.60. The Labute approximate surface area is 86.3 Å². The number of aromatic nitrogens is 4. The average Bonchev–Trinajstić information content (AvgIpc) is 2.61. The van der Waals surface area contributed by atoms with Crippen molar-refractivity contribution in [2.24, 2.45) is 0 Å². The number of hydrogen-bond donors (Lipinski definition) is 2. The molecule has 0 bridgehead atoms. The van der Waals surface area contributed by atoms with E-state index in [1.807, 2.05) is 0 Å². The van der Waals surface area contributed by atoms with E-state index in [-0.39, 0.29) is 13.2 Å². The largest absolute Gasteiger partial charge is 0.396 e. The maximum absolute atomic E-state index is 8.71. The van der Waals surface area contributed by atoms with Gasteiger partial charge in [-0.05, 0) is 23.3 Å². The number of aliphatic hydroxyl groups is 2. The van der Waals surface area contributed by atoms with Crippen molar-refractivity contribution < 1.29 is 10.2 Å². The van der Waals surface area contributed by atoms with Crippen molar-refractivity contribution in [3.63, 3.8) is 0 Å². The van der Waals surface area contributed by atoms with Crippen molar-refractivity contribution in [1.82, 2.24) is 20.2 Å². The molecule has 0 aliphatic heterocycles. The number of aliphatic hydroxyl groups excluding tert-OH is 2. The molecular formula is C7H14N4O2S. The van der Waals surface area contributed by atoms with Gasteiger partial charge in [0.15, 0.2) is 0 Å². The van der Waals surface area contributed by atoms with E-state index in [4.69, 9.17) is 10.2 Å². The molecule has 7 heteroatoms. The summed E-state index contributed by atoms with van der Waals surface area (Å²) >= 11 is 1.54. The summed E-state index contributed by atoms with van der Waals surface area (Å²) in [7, 11) is 0. The maximum atomic E-state index is 8.71. The fourth-order valence-corrected chi connectivity index (χ4v) is 1.81. The van der Waals surface area contributed by atoms with Crippen molar-refractivity contribution in [1.29, 1.82) is 0 Å². The molecule has 1 heterocycles. The molecule has 0 fully saturated rings. The van der Waals surface area contributed by atoms with Gasteiger partial charge in [0, 0.05) is 12.4 Å². The molecule has 0 saturated heterocycles. The van der Waals surface area contributed by atoms with E-state index in [1.165, 1.54) is 11.8 Å². The Morgan fingerprint density at radius 1 is 1.21 bits per heavy atom. The zero-order valence-electron chi connectivity index (χ0n) is 7.83. The molecule has 14 heavy (non-hydrogen) atoms. The molecule has 0 radical (unpaired) electrons. The van der Waals surface area contributed by atoms with E-state index >= 15 is 0 Å². The molecule has 0 spiro atoms. The van der Waals surface area contributed by atoms with Gasteiger partial charge in [0.1, 0.15) is 0 Å². The van der Waals surface area contributed by atoms with Crippen LogP contribution >= 0.6 is 11.8 Å². The van der Waals surface area contributed by atoms with Gasteiger partial charge in [-0.1, -0.05) is 11.8 Å². The number of tetrazole rings is 1. The number of nitrogens with zero attached hydrogens (tertiary/aromatic N) is 4. The molecule has 0 unspecified atom stereocenters. The summed E-state index contributed by atoms with van der Waals surface area (Å²) in [6.07, 6.45) is 1.74. The van der Waals surface area contributed by atoms with E-state index in [0.29, 0.717) is 6.54 Å². The van der Waals surface area contributed by atoms with E-state index in [2.05, 4.69) is 15.5 Å². The highest BCUT2D eigenvalue weighted by Crippen LogP contribution is 2.14. The topological polar surface area (TPSA) is 84.1 Å². The fraction of sp³-hybridized carbons (Fsp3) is 0.857. The van der Waals surface area contributed by atoms with Crippen LogP contribution in [0.3, 0.4) is 0 Å². The first-order chi connectivity index (χ1) is 6.88. The van der Waals surface area contributed by atoms with E-state index in [1.54, 1.807) is 4.68 Å². The summed E-state index contributed by atoms with van der Waals surface area (Å²) in [6.45, 7) is 0.687. The lowest BCUT2D eigenvalue weighted by atomic mass is 10.4. The Balaban J connectivity index is 2.30. The summed E-state index contributed by atoms with van der Waals surface area (Å²) in [5.41, 5.74) is 0. The second kappa shape index (κ2) is 6.74. The molecular weight excluding hydrogens is 204 g/mol. The van der Waals surface area contributed by atoms with Crippen LogP contribution in [0.15, 0.2) is 5.16 Å². The number of rotatable bonds is 7.